The van der Waals surface area contributed by atoms with Crippen molar-refractivity contribution in [2.45, 2.75) is 84.5 Å². The lowest BCUT2D eigenvalue weighted by Crippen LogP contribution is -2.20. The second-order valence-corrected chi connectivity index (χ2v) is 8.78. The quantitative estimate of drug-likeness (QED) is 0.318. The van der Waals surface area contributed by atoms with Crippen molar-refractivity contribution in [3.8, 4) is 17.3 Å². The lowest BCUT2D eigenvalue weighted by Gasteiger charge is -2.13. The normalized spacial score (nSPS) is 12.8. The summed E-state index contributed by atoms with van der Waals surface area (Å²) in [4.78, 5) is 20.3. The Bertz CT molecular complexity index is 841. The molecule has 0 fully saturated rings. The highest BCUT2D eigenvalue weighted by Gasteiger charge is 2.23. The van der Waals surface area contributed by atoms with Gasteiger partial charge in [-0.05, 0) is 37.2 Å². The molecule has 0 saturated carbocycles. The van der Waals surface area contributed by atoms with E-state index in [4.69, 9.17) is 10.4 Å². The predicted molar refractivity (Wildman–Crippen MR) is 128 cm³/mol. The maximum Gasteiger partial charge on any atom is 0.321 e. The average molecular weight is 436 g/mol. The van der Waals surface area contributed by atoms with Crippen LogP contribution in [0.2, 0.25) is 0 Å². The minimum Gasteiger partial charge on any atom is -0.480 e. The molecule has 1 aromatic carbocycles. The zero-order chi connectivity index (χ0) is 23.2. The molecule has 2 rings (SSSR count). The molecule has 1 heterocycles. The molecule has 2 aromatic rings. The highest BCUT2D eigenvalue weighted by atomic mass is 16.4. The molecule has 172 valence electrons. The molecule has 0 aliphatic heterocycles. The highest BCUT2D eigenvalue weighted by Crippen LogP contribution is 2.21. The summed E-state index contributed by atoms with van der Waals surface area (Å²) in [7, 11) is 0. The molecule has 1 aromatic heterocycles. The number of carboxylic acids is 1. The number of aromatic nitrogens is 2. The van der Waals surface area contributed by atoms with Crippen LogP contribution in [0.4, 0.5) is 0 Å². The zero-order valence-electron chi connectivity index (χ0n) is 19.6. The molecule has 5 heteroatoms. The number of carboxylic acid groups (broad SMARTS) is 1. The largest absolute Gasteiger partial charge is 0.480 e. The van der Waals surface area contributed by atoms with Gasteiger partial charge in [0.25, 0.3) is 0 Å². The van der Waals surface area contributed by atoms with Gasteiger partial charge in [-0.25, -0.2) is 0 Å². The minimum absolute atomic E-state index is 0.184. The maximum absolute atomic E-state index is 11.1. The molecule has 0 spiro atoms. The van der Waals surface area contributed by atoms with Crippen molar-refractivity contribution in [3.63, 3.8) is 0 Å². The highest BCUT2D eigenvalue weighted by molar-refractivity contribution is 5.73. The summed E-state index contributed by atoms with van der Waals surface area (Å²) in [5.41, 5.74) is 4.06. The summed E-state index contributed by atoms with van der Waals surface area (Å²) in [6, 6.07) is 10.0. The van der Waals surface area contributed by atoms with E-state index < -0.39 is 11.9 Å². The average Bonchev–Trinajstić information content (AvgIpc) is 2.80. The first kappa shape index (κ1) is 25.5. The van der Waals surface area contributed by atoms with Crippen molar-refractivity contribution in [2.24, 2.45) is 11.8 Å². The zero-order valence-corrected chi connectivity index (χ0v) is 19.6. The van der Waals surface area contributed by atoms with Crippen molar-refractivity contribution in [3.05, 3.63) is 47.9 Å². The van der Waals surface area contributed by atoms with E-state index in [9.17, 15) is 4.79 Å². The first-order valence-corrected chi connectivity index (χ1v) is 12.1. The number of aliphatic carboxylic acids is 1. The number of benzene rings is 1. The van der Waals surface area contributed by atoms with Gasteiger partial charge in [-0.3, -0.25) is 14.8 Å². The Labute approximate surface area is 192 Å². The topological polar surface area (TPSA) is 86.9 Å². The van der Waals surface area contributed by atoms with Crippen LogP contribution in [0, 0.1) is 23.2 Å². The standard InChI is InChI=1S/C27H37N3O2/c1-3-4-5-6-7-8-9-10-11-24-19-30-26(20-29-24)23-16-14-22(15-17-23)13-12-21(2)25(18-28)27(31)32/h14-17,19-21,25H,3-13H2,1-2H3,(H,31,32). The molecule has 0 aliphatic rings. The van der Waals surface area contributed by atoms with Gasteiger partial charge in [0.2, 0.25) is 0 Å². The molecule has 32 heavy (non-hydrogen) atoms. The third-order valence-electron chi connectivity index (χ3n) is 6.10. The lowest BCUT2D eigenvalue weighted by atomic mass is 9.89. The smallest absolute Gasteiger partial charge is 0.321 e. The minimum atomic E-state index is -1.04. The molecule has 0 bridgehead atoms. The first-order chi connectivity index (χ1) is 15.5. The van der Waals surface area contributed by atoms with E-state index in [2.05, 4.69) is 16.9 Å². The number of unbranched alkanes of at least 4 members (excludes halogenated alkanes) is 7. The van der Waals surface area contributed by atoms with Gasteiger partial charge in [0.1, 0.15) is 5.92 Å². The fourth-order valence-corrected chi connectivity index (χ4v) is 3.90. The van der Waals surface area contributed by atoms with E-state index in [-0.39, 0.29) is 5.92 Å². The molecular formula is C27H37N3O2. The predicted octanol–water partition coefficient (Wildman–Crippen LogP) is 6.62. The van der Waals surface area contributed by atoms with Crippen LogP contribution in [0.5, 0.6) is 0 Å². The van der Waals surface area contributed by atoms with Crippen molar-refractivity contribution < 1.29 is 9.90 Å². The van der Waals surface area contributed by atoms with Crippen LogP contribution in [0.15, 0.2) is 36.7 Å². The number of carbonyl (C=O) groups is 1. The van der Waals surface area contributed by atoms with E-state index in [1.54, 1.807) is 0 Å². The summed E-state index contributed by atoms with van der Waals surface area (Å²) in [6.07, 6.45) is 16.6. The third-order valence-corrected chi connectivity index (χ3v) is 6.10. The Morgan fingerprint density at radius 3 is 2.19 bits per heavy atom. The number of hydrogen-bond donors (Lipinski definition) is 1. The Morgan fingerprint density at radius 2 is 1.62 bits per heavy atom. The molecule has 0 aliphatic carbocycles. The number of nitrogens with zero attached hydrogens (tertiary/aromatic N) is 3. The van der Waals surface area contributed by atoms with Crippen molar-refractivity contribution in [1.82, 2.24) is 9.97 Å². The van der Waals surface area contributed by atoms with E-state index in [0.717, 1.165) is 35.4 Å². The SMILES string of the molecule is CCCCCCCCCCc1cnc(-c2ccc(CCC(C)C(C#N)C(=O)O)cc2)cn1. The molecule has 0 amide bonds. The number of rotatable bonds is 15. The lowest BCUT2D eigenvalue weighted by molar-refractivity contribution is -0.141. The fraction of sp³-hybridized carbons (Fsp3) is 0.556. The van der Waals surface area contributed by atoms with E-state index >= 15 is 0 Å². The van der Waals surface area contributed by atoms with Crippen LogP contribution in [-0.4, -0.2) is 21.0 Å². The summed E-state index contributed by atoms with van der Waals surface area (Å²) in [5.74, 6) is -2.18. The van der Waals surface area contributed by atoms with Crippen molar-refractivity contribution in [2.75, 3.05) is 0 Å². The van der Waals surface area contributed by atoms with E-state index in [0.29, 0.717) is 6.42 Å². The Hall–Kier alpha value is -2.74. The van der Waals surface area contributed by atoms with Gasteiger partial charge in [-0.15, -0.1) is 0 Å². The summed E-state index contributed by atoms with van der Waals surface area (Å²) < 4.78 is 0. The Balaban J connectivity index is 1.76. The number of aryl methyl sites for hydroxylation is 2. The Kier molecular flexibility index (Phi) is 11.4. The first-order valence-electron chi connectivity index (χ1n) is 12.1. The van der Waals surface area contributed by atoms with Gasteiger partial charge in [0.15, 0.2) is 0 Å². The summed E-state index contributed by atoms with van der Waals surface area (Å²) in [5, 5.41) is 18.1. The van der Waals surface area contributed by atoms with Crippen LogP contribution in [0.3, 0.4) is 0 Å². The third kappa shape index (κ3) is 8.78. The maximum atomic E-state index is 11.1. The molecule has 5 nitrogen and oxygen atoms in total. The fourth-order valence-electron chi connectivity index (χ4n) is 3.90. The monoisotopic (exact) mass is 435 g/mol. The van der Waals surface area contributed by atoms with Crippen molar-refractivity contribution >= 4 is 5.97 Å². The van der Waals surface area contributed by atoms with Crippen molar-refractivity contribution in [1.29, 1.82) is 5.26 Å². The van der Waals surface area contributed by atoms with Gasteiger partial charge < -0.3 is 5.11 Å². The van der Waals surface area contributed by atoms with Crippen LogP contribution in [0.25, 0.3) is 11.3 Å². The summed E-state index contributed by atoms with van der Waals surface area (Å²) in [6.45, 7) is 4.07. The Morgan fingerprint density at radius 1 is 0.969 bits per heavy atom. The van der Waals surface area contributed by atoms with Gasteiger partial charge in [-0.1, -0.05) is 83.1 Å². The number of nitriles is 1. The van der Waals surface area contributed by atoms with Gasteiger partial charge >= 0.3 is 5.97 Å². The molecular weight excluding hydrogens is 398 g/mol. The second-order valence-electron chi connectivity index (χ2n) is 8.78. The van der Waals surface area contributed by atoms with Crippen LogP contribution >= 0.6 is 0 Å². The van der Waals surface area contributed by atoms with E-state index in [1.807, 2.05) is 49.7 Å². The van der Waals surface area contributed by atoms with Crippen LogP contribution in [0.1, 0.15) is 82.9 Å². The number of hydrogen-bond acceptors (Lipinski definition) is 4. The molecule has 1 N–H and O–H groups in total. The van der Waals surface area contributed by atoms with Crippen LogP contribution in [-0.2, 0) is 17.6 Å². The summed E-state index contributed by atoms with van der Waals surface area (Å²) >= 11 is 0. The molecule has 2 unspecified atom stereocenters. The molecule has 0 saturated heterocycles. The van der Waals surface area contributed by atoms with Gasteiger partial charge in [0, 0.05) is 11.8 Å². The molecule has 0 radical (unpaired) electrons. The van der Waals surface area contributed by atoms with Gasteiger partial charge in [-0.2, -0.15) is 5.26 Å². The van der Waals surface area contributed by atoms with E-state index in [1.165, 1.54) is 51.4 Å². The molecule has 2 atom stereocenters. The van der Waals surface area contributed by atoms with Crippen LogP contribution < -0.4 is 0 Å². The second kappa shape index (κ2) is 14.3. The van der Waals surface area contributed by atoms with Gasteiger partial charge in [0.05, 0.1) is 23.7 Å².